The number of aromatic nitrogens is 4. The third-order valence-corrected chi connectivity index (χ3v) is 10.4. The average Bonchev–Trinajstić information content (AvgIpc) is 3.92. The Kier molecular flexibility index (Phi) is 6.42. The highest BCUT2D eigenvalue weighted by Gasteiger charge is 2.44. The number of pyridine rings is 2. The molecule has 9 rings (SSSR count). The lowest BCUT2D eigenvalue weighted by Crippen LogP contribution is -2.22. The molecule has 2 aromatic carbocycles. The van der Waals surface area contributed by atoms with Crippen LogP contribution in [-0.2, 0) is 19.3 Å². The summed E-state index contributed by atoms with van der Waals surface area (Å²) in [5.41, 5.74) is 6.83. The predicted octanol–water partition coefficient (Wildman–Crippen LogP) is 7.25. The summed E-state index contributed by atoms with van der Waals surface area (Å²) in [6, 6.07) is 18.3. The maximum absolute atomic E-state index is 14.1. The Morgan fingerprint density at radius 2 is 1.87 bits per heavy atom. The molecule has 5 aromatic heterocycles. The Bertz CT molecular complexity index is 2410. The number of hydrogen-bond acceptors (Lipinski definition) is 8. The number of aromatic amines is 1. The lowest BCUT2D eigenvalue weighted by atomic mass is 9.93. The minimum absolute atomic E-state index is 0.0742. The lowest BCUT2D eigenvalue weighted by Gasteiger charge is -2.16. The molecule has 1 N–H and O–H groups in total. The number of rotatable bonds is 7. The predicted molar refractivity (Wildman–Crippen MR) is 175 cm³/mol. The number of H-pyrrole nitrogens is 1. The molecule has 0 unspecified atom stereocenters. The van der Waals surface area contributed by atoms with Gasteiger partial charge in [0.2, 0.25) is 0 Å². The Balaban J connectivity index is 1.24. The fourth-order valence-corrected chi connectivity index (χ4v) is 8.28. The van der Waals surface area contributed by atoms with Crippen molar-refractivity contribution in [3.8, 4) is 21.9 Å². The minimum Gasteiger partial charge on any atom is -0.464 e. The monoisotopic (exact) mass is 643 g/mol. The Morgan fingerprint density at radius 1 is 1.00 bits per heavy atom. The van der Waals surface area contributed by atoms with Gasteiger partial charge in [0, 0.05) is 40.6 Å². The van der Waals surface area contributed by atoms with Gasteiger partial charge >= 0.3 is 5.76 Å². The third kappa shape index (κ3) is 4.60. The first-order valence-electron chi connectivity index (χ1n) is 15.5. The molecule has 0 spiro atoms. The number of carbonyl (C=O) groups is 1. The van der Waals surface area contributed by atoms with Crippen molar-refractivity contribution in [1.29, 1.82) is 0 Å². The molecule has 2 aliphatic rings. The Hall–Kier alpha value is -5.42. The van der Waals surface area contributed by atoms with Gasteiger partial charge < -0.3 is 13.7 Å². The lowest BCUT2D eigenvalue weighted by molar-refractivity contribution is 0.0776. The number of benzene rings is 2. The molecular weight excluding hydrogens is 617 g/mol. The quantitative estimate of drug-likeness (QED) is 0.194. The number of amides is 1. The first-order valence-corrected chi connectivity index (χ1v) is 16.3. The zero-order valence-corrected chi connectivity index (χ0v) is 25.8. The van der Waals surface area contributed by atoms with E-state index >= 15 is 0 Å². The van der Waals surface area contributed by atoms with Gasteiger partial charge in [-0.15, -0.1) is 16.4 Å². The average molecular weight is 644 g/mol. The van der Waals surface area contributed by atoms with Gasteiger partial charge in [-0.2, -0.15) is 0 Å². The Labute approximate surface area is 270 Å². The van der Waals surface area contributed by atoms with Crippen LogP contribution in [0.2, 0.25) is 0 Å². The highest BCUT2D eigenvalue weighted by molar-refractivity contribution is 7.22. The third-order valence-electron chi connectivity index (χ3n) is 9.23. The van der Waals surface area contributed by atoms with Gasteiger partial charge in [-0.3, -0.25) is 14.8 Å². The van der Waals surface area contributed by atoms with E-state index in [1.165, 1.54) is 12.1 Å². The van der Waals surface area contributed by atoms with Gasteiger partial charge in [-0.05, 0) is 67.0 Å². The van der Waals surface area contributed by atoms with Gasteiger partial charge in [-0.25, -0.2) is 14.3 Å². The van der Waals surface area contributed by atoms with E-state index in [4.69, 9.17) is 18.8 Å². The van der Waals surface area contributed by atoms with Crippen LogP contribution in [-0.4, -0.2) is 37.5 Å². The van der Waals surface area contributed by atoms with Crippen LogP contribution in [0, 0.1) is 5.82 Å². The molecule has 2 aliphatic heterocycles. The molecule has 47 heavy (non-hydrogen) atoms. The van der Waals surface area contributed by atoms with Gasteiger partial charge in [0.1, 0.15) is 11.4 Å². The fourth-order valence-electron chi connectivity index (χ4n) is 7.08. The van der Waals surface area contributed by atoms with Crippen molar-refractivity contribution < 1.29 is 18.0 Å². The van der Waals surface area contributed by atoms with E-state index in [0.29, 0.717) is 48.2 Å². The number of furan rings is 1. The van der Waals surface area contributed by atoms with Gasteiger partial charge in [-0.1, -0.05) is 30.3 Å². The van der Waals surface area contributed by atoms with Crippen LogP contribution in [0.3, 0.4) is 0 Å². The summed E-state index contributed by atoms with van der Waals surface area (Å²) in [4.78, 5) is 39.1. The SMILES string of the molecule is O=C1c2c(nc(CCc3ccc(F)cc3)c(-c3n[nH]c(=O)o3)c2-c2cc3ccnc(Cc4coc5ccccc45)c3s2)[C@@H]2CCCN12. The van der Waals surface area contributed by atoms with Gasteiger partial charge in [0.15, 0.2) is 0 Å². The molecule has 7 heterocycles. The number of thiophene rings is 1. The maximum atomic E-state index is 14.1. The van der Waals surface area contributed by atoms with Crippen molar-refractivity contribution in [2.45, 2.75) is 38.1 Å². The highest BCUT2D eigenvalue weighted by Crippen LogP contribution is 2.50. The standard InChI is InChI=1S/C36H26FN5O4S/c37-22-10-7-19(8-11-22)9-12-24-29(34-40-41-36(44)46-34)30(31-32(39-24)26-5-3-15-42(26)35(31)43)28-17-20-13-14-38-25(33(20)47-28)16-21-18-45-27-6-2-1-4-23(21)27/h1-2,4,6-8,10-11,13-14,17-18,26H,3,5,9,12,15-16H2,(H,41,44)/t26-/m0/s1. The van der Waals surface area contributed by atoms with Crippen molar-refractivity contribution in [3.05, 3.63) is 123 Å². The first-order chi connectivity index (χ1) is 23.0. The van der Waals surface area contributed by atoms with E-state index in [1.807, 2.05) is 35.2 Å². The molecule has 0 aliphatic carbocycles. The second-order valence-corrected chi connectivity index (χ2v) is 13.0. The van der Waals surface area contributed by atoms with Crippen LogP contribution in [0.25, 0.3) is 43.0 Å². The summed E-state index contributed by atoms with van der Waals surface area (Å²) in [7, 11) is 0. The summed E-state index contributed by atoms with van der Waals surface area (Å²) >= 11 is 1.55. The summed E-state index contributed by atoms with van der Waals surface area (Å²) in [5, 5.41) is 8.66. The molecule has 0 bridgehead atoms. The van der Waals surface area contributed by atoms with Crippen molar-refractivity contribution in [2.75, 3.05) is 6.54 Å². The van der Waals surface area contributed by atoms with Crippen molar-refractivity contribution in [2.24, 2.45) is 0 Å². The highest BCUT2D eigenvalue weighted by atomic mass is 32.1. The van der Waals surface area contributed by atoms with Crippen LogP contribution in [0.15, 0.2) is 86.8 Å². The van der Waals surface area contributed by atoms with E-state index in [1.54, 1.807) is 35.9 Å². The molecule has 1 saturated heterocycles. The molecule has 1 amide bonds. The number of carbonyl (C=O) groups excluding carboxylic acids is 1. The van der Waals surface area contributed by atoms with Crippen molar-refractivity contribution >= 4 is 38.3 Å². The zero-order valence-electron chi connectivity index (χ0n) is 25.0. The topological polar surface area (TPSA) is 118 Å². The zero-order chi connectivity index (χ0) is 31.6. The molecule has 232 valence electrons. The molecule has 1 fully saturated rings. The molecular formula is C36H26FN5O4S. The van der Waals surface area contributed by atoms with Crippen LogP contribution in [0.4, 0.5) is 4.39 Å². The number of fused-ring (bicyclic) bond motifs is 5. The molecule has 7 aromatic rings. The number of nitrogens with one attached hydrogen (secondary N) is 1. The molecule has 0 radical (unpaired) electrons. The maximum Gasteiger partial charge on any atom is 0.434 e. The first kappa shape index (κ1) is 27.9. The van der Waals surface area contributed by atoms with E-state index in [-0.39, 0.29) is 23.7 Å². The second kappa shape index (κ2) is 10.8. The molecule has 0 saturated carbocycles. The number of nitrogens with zero attached hydrogens (tertiary/aromatic N) is 4. The number of aryl methyl sites for hydroxylation is 2. The molecule has 9 nitrogen and oxygen atoms in total. The summed E-state index contributed by atoms with van der Waals surface area (Å²) in [5.74, 6) is -0.993. The summed E-state index contributed by atoms with van der Waals surface area (Å²) in [6.45, 7) is 0.663. The normalized spacial score (nSPS) is 15.6. The van der Waals surface area contributed by atoms with E-state index in [0.717, 1.165) is 61.3 Å². The summed E-state index contributed by atoms with van der Waals surface area (Å²) in [6.07, 6.45) is 6.93. The van der Waals surface area contributed by atoms with Crippen molar-refractivity contribution in [1.82, 2.24) is 25.1 Å². The Morgan fingerprint density at radius 3 is 2.72 bits per heavy atom. The molecule has 11 heteroatoms. The van der Waals surface area contributed by atoms with E-state index in [9.17, 15) is 14.0 Å². The van der Waals surface area contributed by atoms with Crippen molar-refractivity contribution in [3.63, 3.8) is 0 Å². The summed E-state index contributed by atoms with van der Waals surface area (Å²) < 4.78 is 26.1. The number of hydrogen-bond donors (Lipinski definition) is 1. The van der Waals surface area contributed by atoms with Gasteiger partial charge in [0.05, 0.1) is 45.2 Å². The van der Waals surface area contributed by atoms with Crippen LogP contribution < -0.4 is 5.76 Å². The van der Waals surface area contributed by atoms with E-state index < -0.39 is 5.76 Å². The number of halogens is 1. The van der Waals surface area contributed by atoms with Crippen LogP contribution in [0.1, 0.15) is 57.5 Å². The largest absolute Gasteiger partial charge is 0.464 e. The van der Waals surface area contributed by atoms with Crippen LogP contribution in [0.5, 0.6) is 0 Å². The van der Waals surface area contributed by atoms with Crippen LogP contribution >= 0.6 is 11.3 Å². The minimum atomic E-state index is -0.696. The number of para-hydroxylation sites is 1. The second-order valence-electron chi connectivity index (χ2n) is 12.0. The van der Waals surface area contributed by atoms with Gasteiger partial charge in [0.25, 0.3) is 11.8 Å². The smallest absolute Gasteiger partial charge is 0.434 e. The fraction of sp³-hybridized carbons (Fsp3) is 0.194. The van der Waals surface area contributed by atoms with E-state index in [2.05, 4.69) is 16.3 Å². The molecule has 1 atom stereocenters.